The molecule has 132 valence electrons. The molecule has 2 aromatic carbocycles. The summed E-state index contributed by atoms with van der Waals surface area (Å²) in [6.07, 6.45) is 2.62. The molecule has 0 unspecified atom stereocenters. The van der Waals surface area contributed by atoms with E-state index in [0.717, 1.165) is 11.6 Å². The van der Waals surface area contributed by atoms with Gasteiger partial charge in [-0.25, -0.2) is 4.79 Å². The summed E-state index contributed by atoms with van der Waals surface area (Å²) in [6.45, 7) is 1.96. The summed E-state index contributed by atoms with van der Waals surface area (Å²) in [5.74, 6) is -1.97. The number of aliphatic carboxylic acids is 1. The smallest absolute Gasteiger partial charge is 0.328 e. The zero-order chi connectivity index (χ0) is 18.7. The maximum atomic E-state index is 12.9. The first-order chi connectivity index (χ1) is 12.5. The van der Waals surface area contributed by atoms with Gasteiger partial charge >= 0.3 is 5.97 Å². The van der Waals surface area contributed by atoms with Crippen molar-refractivity contribution in [3.63, 3.8) is 0 Å². The zero-order valence-electron chi connectivity index (χ0n) is 14.3. The van der Waals surface area contributed by atoms with E-state index in [1.807, 2.05) is 37.3 Å². The topological polar surface area (TPSA) is 74.7 Å². The Morgan fingerprint density at radius 2 is 1.88 bits per heavy atom. The lowest BCUT2D eigenvalue weighted by Gasteiger charge is -2.19. The molecule has 2 amide bonds. The maximum Gasteiger partial charge on any atom is 0.328 e. The Bertz CT molecular complexity index is 873. The number of benzene rings is 2. The van der Waals surface area contributed by atoms with Gasteiger partial charge in [0.2, 0.25) is 11.8 Å². The van der Waals surface area contributed by atoms with Gasteiger partial charge in [0, 0.05) is 12.5 Å². The Kier molecular flexibility index (Phi) is 4.98. The number of anilines is 1. The summed E-state index contributed by atoms with van der Waals surface area (Å²) >= 11 is 0. The van der Waals surface area contributed by atoms with Crippen molar-refractivity contribution in [2.75, 3.05) is 4.90 Å². The third kappa shape index (κ3) is 3.57. The lowest BCUT2D eigenvalue weighted by atomic mass is 9.86. The van der Waals surface area contributed by atoms with E-state index < -0.39 is 11.9 Å². The molecule has 0 radical (unpaired) electrons. The molecule has 2 aromatic rings. The fraction of sp³-hybridized carbons (Fsp3) is 0.190. The van der Waals surface area contributed by atoms with Crippen LogP contribution in [0.4, 0.5) is 5.69 Å². The van der Waals surface area contributed by atoms with Gasteiger partial charge in [0.05, 0.1) is 11.6 Å². The van der Waals surface area contributed by atoms with Crippen LogP contribution in [0.1, 0.15) is 30.4 Å². The van der Waals surface area contributed by atoms with Crippen molar-refractivity contribution in [2.24, 2.45) is 5.92 Å². The molecule has 5 heteroatoms. The number of hydrogen-bond donors (Lipinski definition) is 1. The average Bonchev–Trinajstić information content (AvgIpc) is 2.94. The summed E-state index contributed by atoms with van der Waals surface area (Å²) in [6, 6.07) is 16.4. The third-order valence-electron chi connectivity index (χ3n) is 4.66. The van der Waals surface area contributed by atoms with Gasteiger partial charge in [-0.1, -0.05) is 49.4 Å². The largest absolute Gasteiger partial charge is 0.478 e. The normalized spacial score (nSPS) is 18.5. The number of carbonyl (C=O) groups excluding carboxylic acids is 2. The van der Waals surface area contributed by atoms with Crippen molar-refractivity contribution in [1.82, 2.24) is 0 Å². The first-order valence-electron chi connectivity index (χ1n) is 8.40. The van der Waals surface area contributed by atoms with Crippen LogP contribution in [-0.2, 0) is 14.4 Å². The van der Waals surface area contributed by atoms with Crippen LogP contribution in [0.25, 0.3) is 6.08 Å². The van der Waals surface area contributed by atoms with E-state index >= 15 is 0 Å². The molecule has 0 saturated carbocycles. The highest BCUT2D eigenvalue weighted by Gasteiger charge is 2.42. The van der Waals surface area contributed by atoms with E-state index in [1.54, 1.807) is 24.3 Å². The molecule has 0 aromatic heterocycles. The minimum atomic E-state index is -1.06. The molecule has 1 N–H and O–H groups in total. The molecule has 1 heterocycles. The molecule has 1 aliphatic rings. The summed E-state index contributed by atoms with van der Waals surface area (Å²) in [7, 11) is 0. The molecule has 3 rings (SSSR count). The van der Waals surface area contributed by atoms with Gasteiger partial charge in [-0.2, -0.15) is 0 Å². The van der Waals surface area contributed by atoms with Crippen LogP contribution < -0.4 is 4.90 Å². The molecular weight excluding hydrogens is 330 g/mol. The van der Waals surface area contributed by atoms with E-state index in [2.05, 4.69) is 0 Å². The van der Waals surface area contributed by atoms with E-state index in [9.17, 15) is 14.4 Å². The van der Waals surface area contributed by atoms with Crippen molar-refractivity contribution in [3.05, 3.63) is 71.8 Å². The quantitative estimate of drug-likeness (QED) is 0.662. The number of amides is 2. The Morgan fingerprint density at radius 3 is 2.58 bits per heavy atom. The molecule has 0 bridgehead atoms. The van der Waals surface area contributed by atoms with Crippen molar-refractivity contribution in [2.45, 2.75) is 19.3 Å². The number of nitrogens with zero attached hydrogens (tertiary/aromatic N) is 1. The van der Waals surface area contributed by atoms with E-state index in [4.69, 9.17) is 5.11 Å². The summed E-state index contributed by atoms with van der Waals surface area (Å²) in [4.78, 5) is 37.3. The van der Waals surface area contributed by atoms with Crippen molar-refractivity contribution in [1.29, 1.82) is 0 Å². The third-order valence-corrected chi connectivity index (χ3v) is 4.66. The average molecular weight is 349 g/mol. The lowest BCUT2D eigenvalue weighted by Crippen LogP contribution is -2.31. The van der Waals surface area contributed by atoms with Crippen LogP contribution in [0, 0.1) is 5.92 Å². The summed E-state index contributed by atoms with van der Waals surface area (Å²) in [5.41, 5.74) is 2.11. The fourth-order valence-corrected chi connectivity index (χ4v) is 3.24. The molecule has 1 aliphatic heterocycles. The number of imide groups is 1. The first-order valence-corrected chi connectivity index (χ1v) is 8.40. The van der Waals surface area contributed by atoms with Crippen LogP contribution in [-0.4, -0.2) is 22.9 Å². The molecule has 5 nitrogen and oxygen atoms in total. The van der Waals surface area contributed by atoms with Gasteiger partial charge in [-0.15, -0.1) is 0 Å². The molecule has 1 fully saturated rings. The van der Waals surface area contributed by atoms with E-state index in [1.165, 1.54) is 11.0 Å². The number of hydrogen-bond acceptors (Lipinski definition) is 3. The van der Waals surface area contributed by atoms with E-state index in [0.29, 0.717) is 11.3 Å². The highest BCUT2D eigenvalue weighted by molar-refractivity contribution is 6.21. The monoisotopic (exact) mass is 349 g/mol. The SMILES string of the molecule is C[C@H](c1ccccc1)[C@H]1CC(=O)N(c2cccc(/C=C/C(=O)O)c2)C1=O. The second kappa shape index (κ2) is 7.35. The van der Waals surface area contributed by atoms with E-state index in [-0.39, 0.29) is 24.2 Å². The zero-order valence-corrected chi connectivity index (χ0v) is 14.3. The minimum Gasteiger partial charge on any atom is -0.478 e. The van der Waals surface area contributed by atoms with Crippen molar-refractivity contribution < 1.29 is 19.5 Å². The van der Waals surface area contributed by atoms with Crippen LogP contribution in [0.3, 0.4) is 0 Å². The second-order valence-corrected chi connectivity index (χ2v) is 6.34. The molecular formula is C21H19NO4. The second-order valence-electron chi connectivity index (χ2n) is 6.34. The highest BCUT2D eigenvalue weighted by Crippen LogP contribution is 2.36. The fourth-order valence-electron chi connectivity index (χ4n) is 3.24. The first kappa shape index (κ1) is 17.6. The summed E-state index contributed by atoms with van der Waals surface area (Å²) in [5, 5.41) is 8.74. The van der Waals surface area contributed by atoms with Gasteiger partial charge in [-0.05, 0) is 35.3 Å². The maximum absolute atomic E-state index is 12.9. The Morgan fingerprint density at radius 1 is 1.15 bits per heavy atom. The predicted octanol–water partition coefficient (Wildman–Crippen LogP) is 3.47. The molecule has 1 saturated heterocycles. The Hall–Kier alpha value is -3.21. The number of carboxylic acid groups (broad SMARTS) is 1. The molecule has 0 aliphatic carbocycles. The van der Waals surface area contributed by atoms with Gasteiger partial charge < -0.3 is 5.11 Å². The van der Waals surface area contributed by atoms with Crippen LogP contribution in [0.2, 0.25) is 0 Å². The van der Waals surface area contributed by atoms with Crippen LogP contribution in [0.5, 0.6) is 0 Å². The molecule has 26 heavy (non-hydrogen) atoms. The van der Waals surface area contributed by atoms with Crippen molar-refractivity contribution in [3.8, 4) is 0 Å². The predicted molar refractivity (Wildman–Crippen MR) is 98.6 cm³/mol. The lowest BCUT2D eigenvalue weighted by molar-refractivity contribution is -0.131. The van der Waals surface area contributed by atoms with Gasteiger partial charge in [0.25, 0.3) is 0 Å². The Labute approximate surface area is 151 Å². The van der Waals surface area contributed by atoms with Gasteiger partial charge in [-0.3, -0.25) is 14.5 Å². The van der Waals surface area contributed by atoms with Crippen LogP contribution in [0.15, 0.2) is 60.7 Å². The summed E-state index contributed by atoms with van der Waals surface area (Å²) < 4.78 is 0. The van der Waals surface area contributed by atoms with Crippen LogP contribution >= 0.6 is 0 Å². The van der Waals surface area contributed by atoms with Gasteiger partial charge in [0.15, 0.2) is 0 Å². The number of carboxylic acids is 1. The molecule has 0 spiro atoms. The number of carbonyl (C=O) groups is 3. The Balaban J connectivity index is 1.86. The van der Waals surface area contributed by atoms with Gasteiger partial charge in [0.1, 0.15) is 0 Å². The highest BCUT2D eigenvalue weighted by atomic mass is 16.4. The number of rotatable bonds is 5. The standard InChI is InChI=1S/C21H19NO4/c1-14(16-7-3-2-4-8-16)18-13-19(23)22(21(18)26)17-9-5-6-15(12-17)10-11-20(24)25/h2-12,14,18H,13H2,1H3,(H,24,25)/b11-10+/t14-,18-/m1/s1. The molecule has 2 atom stereocenters. The van der Waals surface area contributed by atoms with Crippen molar-refractivity contribution >= 4 is 29.5 Å². The minimum absolute atomic E-state index is 0.0623.